The van der Waals surface area contributed by atoms with E-state index in [1.807, 2.05) is 7.05 Å². The molecule has 1 unspecified atom stereocenters. The van der Waals surface area contributed by atoms with Gasteiger partial charge < -0.3 is 15.3 Å². The number of nitrogens with zero attached hydrogens (tertiary/aromatic N) is 1. The molecule has 1 heterocycles. The predicted octanol–water partition coefficient (Wildman–Crippen LogP) is 2.18. The van der Waals surface area contributed by atoms with Crippen LogP contribution in [0.3, 0.4) is 0 Å². The van der Waals surface area contributed by atoms with Crippen molar-refractivity contribution in [2.24, 2.45) is 5.92 Å². The van der Waals surface area contributed by atoms with Crippen LogP contribution in [0, 0.1) is 5.92 Å². The van der Waals surface area contributed by atoms with E-state index in [4.69, 9.17) is 5.11 Å². The summed E-state index contributed by atoms with van der Waals surface area (Å²) in [5.74, 6) is 0.504. The van der Waals surface area contributed by atoms with Crippen molar-refractivity contribution >= 4 is 5.69 Å². The summed E-state index contributed by atoms with van der Waals surface area (Å²) < 4.78 is 0. The Hall–Kier alpha value is -1.06. The van der Waals surface area contributed by atoms with Gasteiger partial charge in [0.05, 0.1) is 0 Å². The Morgan fingerprint density at radius 2 is 1.89 bits per heavy atom. The zero-order valence-electron chi connectivity index (χ0n) is 11.4. The Morgan fingerprint density at radius 1 is 1.28 bits per heavy atom. The molecule has 0 bridgehead atoms. The molecule has 1 fully saturated rings. The average molecular weight is 248 g/mol. The molecule has 0 radical (unpaired) electrons. The largest absolute Gasteiger partial charge is 0.396 e. The fourth-order valence-electron chi connectivity index (χ4n) is 2.51. The minimum Gasteiger partial charge on any atom is -0.396 e. The zero-order chi connectivity index (χ0) is 13.0. The molecular weight excluding hydrogens is 224 g/mol. The van der Waals surface area contributed by atoms with Gasteiger partial charge in [-0.3, -0.25) is 0 Å². The van der Waals surface area contributed by atoms with Crippen molar-refractivity contribution in [2.45, 2.75) is 25.8 Å². The second kappa shape index (κ2) is 6.21. The molecule has 1 atom stereocenters. The summed E-state index contributed by atoms with van der Waals surface area (Å²) in [7, 11) is 1.98. The van der Waals surface area contributed by atoms with Crippen LogP contribution in [0.1, 0.15) is 31.4 Å². The third kappa shape index (κ3) is 3.03. The van der Waals surface area contributed by atoms with E-state index in [0.717, 1.165) is 25.9 Å². The summed E-state index contributed by atoms with van der Waals surface area (Å²) in [5.41, 5.74) is 2.63. The van der Waals surface area contributed by atoms with Gasteiger partial charge in [0.15, 0.2) is 0 Å². The molecule has 2 N–H and O–H groups in total. The summed E-state index contributed by atoms with van der Waals surface area (Å²) >= 11 is 0. The van der Waals surface area contributed by atoms with Gasteiger partial charge in [-0.2, -0.15) is 0 Å². The Morgan fingerprint density at radius 3 is 2.39 bits per heavy atom. The Balaban J connectivity index is 1.98. The van der Waals surface area contributed by atoms with Crippen LogP contribution in [0.2, 0.25) is 0 Å². The quantitative estimate of drug-likeness (QED) is 0.857. The van der Waals surface area contributed by atoms with Crippen LogP contribution in [0.15, 0.2) is 24.3 Å². The summed E-state index contributed by atoms with van der Waals surface area (Å²) in [6, 6.07) is 9.23. The van der Waals surface area contributed by atoms with Crippen molar-refractivity contribution in [2.75, 3.05) is 31.6 Å². The molecule has 3 nitrogen and oxygen atoms in total. The molecule has 1 aromatic carbocycles. The summed E-state index contributed by atoms with van der Waals surface area (Å²) in [6.07, 6.45) is 2.20. The molecule has 1 aliphatic heterocycles. The maximum Gasteiger partial charge on any atom is 0.0460 e. The minimum absolute atomic E-state index is 0.340. The first-order chi connectivity index (χ1) is 8.74. The molecule has 2 rings (SSSR count). The lowest BCUT2D eigenvalue weighted by atomic mass is 9.97. The van der Waals surface area contributed by atoms with Crippen molar-refractivity contribution in [1.82, 2.24) is 5.32 Å². The van der Waals surface area contributed by atoms with Crippen molar-refractivity contribution in [1.29, 1.82) is 0 Å². The summed E-state index contributed by atoms with van der Waals surface area (Å²) in [6.45, 7) is 4.63. The number of aliphatic hydroxyl groups excluding tert-OH is 1. The van der Waals surface area contributed by atoms with Crippen LogP contribution in [0.4, 0.5) is 5.69 Å². The normalized spacial score (nSPS) is 18.9. The van der Waals surface area contributed by atoms with Crippen LogP contribution in [-0.4, -0.2) is 31.9 Å². The van der Waals surface area contributed by atoms with Gasteiger partial charge in [0, 0.05) is 31.4 Å². The van der Waals surface area contributed by atoms with E-state index < -0.39 is 0 Å². The monoisotopic (exact) mass is 248 g/mol. The van der Waals surface area contributed by atoms with Crippen LogP contribution >= 0.6 is 0 Å². The first kappa shape index (κ1) is 13.4. The van der Waals surface area contributed by atoms with E-state index in [1.54, 1.807) is 0 Å². The molecule has 1 aromatic rings. The first-order valence-electron chi connectivity index (χ1n) is 6.87. The fraction of sp³-hybridized carbons (Fsp3) is 0.600. The van der Waals surface area contributed by atoms with Gasteiger partial charge >= 0.3 is 0 Å². The zero-order valence-corrected chi connectivity index (χ0v) is 11.4. The standard InChI is InChI=1S/C15H24N2O/c1-12(16-2)14-3-5-15(6-4-14)17-9-7-13(11-18)8-10-17/h3-6,12-13,16,18H,7-11H2,1-2H3. The van der Waals surface area contributed by atoms with E-state index in [1.165, 1.54) is 11.3 Å². The molecule has 0 aliphatic carbocycles. The van der Waals surface area contributed by atoms with Crippen LogP contribution < -0.4 is 10.2 Å². The lowest BCUT2D eigenvalue weighted by Crippen LogP contribution is -2.34. The highest BCUT2D eigenvalue weighted by molar-refractivity contribution is 5.48. The number of piperidine rings is 1. The lowest BCUT2D eigenvalue weighted by Gasteiger charge is -2.33. The summed E-state index contributed by atoms with van der Waals surface area (Å²) in [5, 5.41) is 12.4. The number of hydrogen-bond donors (Lipinski definition) is 2. The number of rotatable bonds is 4. The smallest absolute Gasteiger partial charge is 0.0460 e. The molecule has 1 saturated heterocycles. The first-order valence-corrected chi connectivity index (χ1v) is 6.87. The lowest BCUT2D eigenvalue weighted by molar-refractivity contribution is 0.203. The van der Waals surface area contributed by atoms with E-state index in [9.17, 15) is 0 Å². The second-order valence-electron chi connectivity index (χ2n) is 5.21. The predicted molar refractivity (Wildman–Crippen MR) is 75.9 cm³/mol. The van der Waals surface area contributed by atoms with Crippen LogP contribution in [-0.2, 0) is 0 Å². The van der Waals surface area contributed by atoms with Gasteiger partial charge in [-0.1, -0.05) is 12.1 Å². The van der Waals surface area contributed by atoms with Crippen molar-refractivity contribution in [3.63, 3.8) is 0 Å². The van der Waals surface area contributed by atoms with E-state index in [2.05, 4.69) is 41.4 Å². The number of nitrogens with one attached hydrogen (secondary N) is 1. The third-order valence-corrected chi connectivity index (χ3v) is 4.06. The number of hydrogen-bond acceptors (Lipinski definition) is 3. The topological polar surface area (TPSA) is 35.5 Å². The van der Waals surface area contributed by atoms with Gasteiger partial charge in [-0.15, -0.1) is 0 Å². The molecular formula is C15H24N2O. The highest BCUT2D eigenvalue weighted by Crippen LogP contribution is 2.24. The van der Waals surface area contributed by atoms with E-state index in [-0.39, 0.29) is 0 Å². The van der Waals surface area contributed by atoms with Gasteiger partial charge in [0.1, 0.15) is 0 Å². The number of benzene rings is 1. The Bertz CT molecular complexity index is 355. The molecule has 3 heteroatoms. The van der Waals surface area contributed by atoms with Crippen LogP contribution in [0.25, 0.3) is 0 Å². The van der Waals surface area contributed by atoms with Gasteiger partial charge in [-0.05, 0) is 50.4 Å². The Labute approximate surface area is 110 Å². The summed E-state index contributed by atoms with van der Waals surface area (Å²) in [4.78, 5) is 2.42. The SMILES string of the molecule is CNC(C)c1ccc(N2CCC(CO)CC2)cc1. The highest BCUT2D eigenvalue weighted by atomic mass is 16.3. The number of aliphatic hydroxyl groups is 1. The highest BCUT2D eigenvalue weighted by Gasteiger charge is 2.18. The Kier molecular flexibility index (Phi) is 4.61. The molecule has 100 valence electrons. The van der Waals surface area contributed by atoms with Gasteiger partial charge in [0.2, 0.25) is 0 Å². The van der Waals surface area contributed by atoms with E-state index >= 15 is 0 Å². The maximum absolute atomic E-state index is 9.15. The molecule has 18 heavy (non-hydrogen) atoms. The molecule has 0 saturated carbocycles. The van der Waals surface area contributed by atoms with Crippen LogP contribution in [0.5, 0.6) is 0 Å². The van der Waals surface area contributed by atoms with Crippen molar-refractivity contribution in [3.05, 3.63) is 29.8 Å². The number of anilines is 1. The van der Waals surface area contributed by atoms with Gasteiger partial charge in [0.25, 0.3) is 0 Å². The third-order valence-electron chi connectivity index (χ3n) is 4.06. The second-order valence-corrected chi connectivity index (χ2v) is 5.21. The molecule has 1 aliphatic rings. The van der Waals surface area contributed by atoms with E-state index in [0.29, 0.717) is 18.6 Å². The van der Waals surface area contributed by atoms with Crippen molar-refractivity contribution in [3.8, 4) is 0 Å². The average Bonchev–Trinajstić information content (AvgIpc) is 2.47. The maximum atomic E-state index is 9.15. The molecule has 0 amide bonds. The molecule has 0 spiro atoms. The van der Waals surface area contributed by atoms with Crippen molar-refractivity contribution < 1.29 is 5.11 Å². The minimum atomic E-state index is 0.340. The fourth-order valence-corrected chi connectivity index (χ4v) is 2.51. The van der Waals surface area contributed by atoms with Gasteiger partial charge in [-0.25, -0.2) is 0 Å². The molecule has 0 aromatic heterocycles.